The van der Waals surface area contributed by atoms with Crippen LogP contribution in [-0.2, 0) is 18.6 Å². The first-order chi connectivity index (χ1) is 15.2. The van der Waals surface area contributed by atoms with E-state index in [2.05, 4.69) is 26.9 Å². The number of hydrogen-bond acceptors (Lipinski definition) is 7. The zero-order valence-electron chi connectivity index (χ0n) is 16.6. The molecule has 4 aromatic rings. The molecule has 5 rings (SSSR count). The molecule has 0 bridgehead atoms. The Labute approximate surface area is 182 Å². The SMILES string of the molecule is O=[N+]([O-])c1ccc(-c2nnc(CSc3nc4c(n3-c3ccccc3)CCCC4)o2)cc1. The molecule has 0 unspecified atom stereocenters. The number of aromatic nitrogens is 4. The van der Waals surface area contributed by atoms with Gasteiger partial charge in [-0.05, 0) is 49.9 Å². The normalized spacial score (nSPS) is 13.2. The van der Waals surface area contributed by atoms with E-state index in [1.807, 2.05) is 18.2 Å². The molecule has 1 aliphatic rings. The lowest BCUT2D eigenvalue weighted by atomic mass is 10.0. The van der Waals surface area contributed by atoms with Gasteiger partial charge in [0.05, 0.1) is 16.4 Å². The van der Waals surface area contributed by atoms with Crippen LogP contribution in [0, 0.1) is 10.1 Å². The smallest absolute Gasteiger partial charge is 0.269 e. The van der Waals surface area contributed by atoms with Gasteiger partial charge < -0.3 is 4.42 Å². The molecule has 9 heteroatoms. The zero-order valence-corrected chi connectivity index (χ0v) is 17.4. The second-order valence-electron chi connectivity index (χ2n) is 7.26. The number of nitrogens with zero attached hydrogens (tertiary/aromatic N) is 5. The third-order valence-electron chi connectivity index (χ3n) is 5.23. The van der Waals surface area contributed by atoms with E-state index in [9.17, 15) is 10.1 Å². The molecule has 8 nitrogen and oxygen atoms in total. The van der Waals surface area contributed by atoms with E-state index in [-0.39, 0.29) is 5.69 Å². The Balaban J connectivity index is 1.37. The molecular weight excluding hydrogens is 414 g/mol. The van der Waals surface area contributed by atoms with Gasteiger partial charge in [-0.3, -0.25) is 14.7 Å². The number of aryl methyl sites for hydroxylation is 1. The fraction of sp³-hybridized carbons (Fsp3) is 0.227. The standard InChI is InChI=1S/C22H19N5O3S/c28-27(29)17-12-10-15(11-13-17)21-25-24-20(30-21)14-31-22-23-18-8-4-5-9-19(18)26(22)16-6-2-1-3-7-16/h1-3,6-7,10-13H,4-5,8-9,14H2. The first kappa shape index (κ1) is 19.5. The van der Waals surface area contributed by atoms with Crippen LogP contribution in [0.4, 0.5) is 5.69 Å². The second kappa shape index (κ2) is 8.35. The molecule has 2 heterocycles. The highest BCUT2D eigenvalue weighted by molar-refractivity contribution is 7.98. The van der Waals surface area contributed by atoms with E-state index < -0.39 is 4.92 Å². The van der Waals surface area contributed by atoms with Crippen LogP contribution in [0.15, 0.2) is 64.2 Å². The number of nitro benzene ring substituents is 1. The highest BCUT2D eigenvalue weighted by Crippen LogP contribution is 2.32. The molecule has 0 saturated carbocycles. The van der Waals surface area contributed by atoms with Crippen LogP contribution in [-0.4, -0.2) is 24.7 Å². The summed E-state index contributed by atoms with van der Waals surface area (Å²) in [5, 5.41) is 20.0. The molecule has 0 amide bonds. The van der Waals surface area contributed by atoms with Gasteiger partial charge in [-0.2, -0.15) is 0 Å². The Bertz CT molecular complexity index is 1220. The first-order valence-corrected chi connectivity index (χ1v) is 11.0. The van der Waals surface area contributed by atoms with Gasteiger partial charge in [0.15, 0.2) is 5.16 Å². The number of benzene rings is 2. The number of hydrogen-bond donors (Lipinski definition) is 0. The number of non-ortho nitro benzene ring substituents is 1. The Morgan fingerprint density at radius 2 is 1.81 bits per heavy atom. The van der Waals surface area contributed by atoms with Crippen LogP contribution >= 0.6 is 11.8 Å². The fourth-order valence-corrected chi connectivity index (χ4v) is 4.63. The van der Waals surface area contributed by atoms with Crippen molar-refractivity contribution in [2.45, 2.75) is 36.6 Å². The van der Waals surface area contributed by atoms with Crippen LogP contribution in [0.1, 0.15) is 30.1 Å². The van der Waals surface area contributed by atoms with Crippen molar-refractivity contribution in [1.29, 1.82) is 0 Å². The molecule has 0 radical (unpaired) electrons. The average Bonchev–Trinajstić information content (AvgIpc) is 3.43. The van der Waals surface area contributed by atoms with Crippen LogP contribution in [0.5, 0.6) is 0 Å². The van der Waals surface area contributed by atoms with Crippen LogP contribution in [0.2, 0.25) is 0 Å². The predicted octanol–water partition coefficient (Wildman–Crippen LogP) is 5.00. The zero-order chi connectivity index (χ0) is 21.2. The van der Waals surface area contributed by atoms with E-state index in [1.165, 1.54) is 36.4 Å². The largest absolute Gasteiger partial charge is 0.420 e. The summed E-state index contributed by atoms with van der Waals surface area (Å²) in [5.74, 6) is 1.32. The minimum absolute atomic E-state index is 0.0239. The highest BCUT2D eigenvalue weighted by atomic mass is 32.2. The van der Waals surface area contributed by atoms with E-state index in [4.69, 9.17) is 9.40 Å². The lowest BCUT2D eigenvalue weighted by Crippen LogP contribution is -2.07. The van der Waals surface area contributed by atoms with E-state index in [0.717, 1.165) is 23.7 Å². The maximum atomic E-state index is 10.8. The Hall–Kier alpha value is -3.46. The number of rotatable bonds is 6. The summed E-state index contributed by atoms with van der Waals surface area (Å²) in [6.07, 6.45) is 4.39. The average molecular weight is 433 g/mol. The number of nitro groups is 1. The maximum Gasteiger partial charge on any atom is 0.269 e. The third-order valence-corrected chi connectivity index (χ3v) is 6.16. The minimum atomic E-state index is -0.436. The molecule has 2 aromatic heterocycles. The van der Waals surface area contributed by atoms with Gasteiger partial charge in [-0.15, -0.1) is 10.2 Å². The molecule has 0 aliphatic heterocycles. The lowest BCUT2D eigenvalue weighted by molar-refractivity contribution is -0.384. The summed E-state index contributed by atoms with van der Waals surface area (Å²) in [4.78, 5) is 15.3. The topological polar surface area (TPSA) is 99.9 Å². The minimum Gasteiger partial charge on any atom is -0.420 e. The molecule has 31 heavy (non-hydrogen) atoms. The van der Waals surface area contributed by atoms with Crippen molar-refractivity contribution >= 4 is 17.4 Å². The fourth-order valence-electron chi connectivity index (χ4n) is 3.74. The monoisotopic (exact) mass is 433 g/mol. The van der Waals surface area contributed by atoms with E-state index >= 15 is 0 Å². The number of fused-ring (bicyclic) bond motifs is 1. The number of para-hydroxylation sites is 1. The maximum absolute atomic E-state index is 10.8. The Morgan fingerprint density at radius 3 is 2.58 bits per heavy atom. The summed E-state index contributed by atoms with van der Waals surface area (Å²) < 4.78 is 8.03. The summed E-state index contributed by atoms with van der Waals surface area (Å²) in [7, 11) is 0. The van der Waals surface area contributed by atoms with E-state index in [1.54, 1.807) is 23.9 Å². The van der Waals surface area contributed by atoms with Crippen LogP contribution < -0.4 is 0 Å². The molecule has 0 spiro atoms. The van der Waals surface area contributed by atoms with Crippen molar-refractivity contribution in [3.05, 3.63) is 82.0 Å². The van der Waals surface area contributed by atoms with Crippen LogP contribution in [0.3, 0.4) is 0 Å². The van der Waals surface area contributed by atoms with Gasteiger partial charge in [-0.25, -0.2) is 4.98 Å². The first-order valence-electron chi connectivity index (χ1n) is 10.0. The quantitative estimate of drug-likeness (QED) is 0.240. The molecule has 0 N–H and O–H groups in total. The van der Waals surface area contributed by atoms with Crippen molar-refractivity contribution in [2.24, 2.45) is 0 Å². The van der Waals surface area contributed by atoms with Crippen molar-refractivity contribution in [3.63, 3.8) is 0 Å². The van der Waals surface area contributed by atoms with Gasteiger partial charge in [-0.1, -0.05) is 30.0 Å². The van der Waals surface area contributed by atoms with Crippen LogP contribution in [0.25, 0.3) is 17.1 Å². The summed E-state index contributed by atoms with van der Waals surface area (Å²) in [6, 6.07) is 16.3. The number of thioether (sulfide) groups is 1. The molecule has 156 valence electrons. The summed E-state index contributed by atoms with van der Waals surface area (Å²) >= 11 is 1.57. The van der Waals surface area contributed by atoms with Crippen molar-refractivity contribution < 1.29 is 9.34 Å². The molecule has 2 aromatic carbocycles. The lowest BCUT2D eigenvalue weighted by Gasteiger charge is -2.15. The van der Waals surface area contributed by atoms with Gasteiger partial charge in [0, 0.05) is 29.1 Å². The van der Waals surface area contributed by atoms with Gasteiger partial charge in [0.2, 0.25) is 11.8 Å². The molecule has 0 saturated heterocycles. The van der Waals surface area contributed by atoms with Crippen molar-refractivity contribution in [3.8, 4) is 17.1 Å². The molecule has 1 aliphatic carbocycles. The van der Waals surface area contributed by atoms with Crippen molar-refractivity contribution in [2.75, 3.05) is 0 Å². The van der Waals surface area contributed by atoms with Gasteiger partial charge in [0.25, 0.3) is 5.69 Å². The third kappa shape index (κ3) is 3.96. The predicted molar refractivity (Wildman–Crippen MR) is 116 cm³/mol. The van der Waals surface area contributed by atoms with E-state index in [0.29, 0.717) is 23.1 Å². The highest BCUT2D eigenvalue weighted by Gasteiger charge is 2.22. The molecular formula is C22H19N5O3S. The Kier molecular flexibility index (Phi) is 5.25. The number of imidazole rings is 1. The van der Waals surface area contributed by atoms with Crippen molar-refractivity contribution in [1.82, 2.24) is 19.7 Å². The van der Waals surface area contributed by atoms with Gasteiger partial charge >= 0.3 is 0 Å². The second-order valence-corrected chi connectivity index (χ2v) is 8.20. The summed E-state index contributed by atoms with van der Waals surface area (Å²) in [5.41, 5.74) is 4.25. The molecule has 0 fully saturated rings. The summed E-state index contributed by atoms with van der Waals surface area (Å²) in [6.45, 7) is 0. The molecule has 0 atom stereocenters. The Morgan fingerprint density at radius 1 is 1.03 bits per heavy atom. The van der Waals surface area contributed by atoms with Gasteiger partial charge in [0.1, 0.15) is 0 Å².